The molecule has 100 valence electrons. The Kier molecular flexibility index (Phi) is 8.40. The molecule has 0 radical (unpaired) electrons. The van der Waals surface area contributed by atoms with Crippen molar-refractivity contribution in [1.82, 2.24) is 10.6 Å². The molecule has 0 aromatic carbocycles. The third kappa shape index (κ3) is 8.68. The number of carbonyl (C=O) groups excluding carboxylic acids is 2. The third-order valence-corrected chi connectivity index (χ3v) is 2.63. The molecule has 0 saturated heterocycles. The first-order chi connectivity index (χ1) is 7.99. The van der Waals surface area contributed by atoms with E-state index in [9.17, 15) is 9.59 Å². The van der Waals surface area contributed by atoms with E-state index in [1.54, 1.807) is 0 Å². The van der Waals surface area contributed by atoms with Crippen molar-refractivity contribution in [3.8, 4) is 0 Å². The number of nitrogens with one attached hydrogen (secondary N) is 2. The summed E-state index contributed by atoms with van der Waals surface area (Å²) in [5, 5.41) is 5.56. The van der Waals surface area contributed by atoms with Gasteiger partial charge in [-0.1, -0.05) is 13.8 Å². The number of carbonyl (C=O) groups is 2. The highest BCUT2D eigenvalue weighted by atomic mass is 16.2. The van der Waals surface area contributed by atoms with E-state index >= 15 is 0 Å². The standard InChI is InChI=1S/C12H25N3O2/c1-4-10(3)15-11(16)5-6-14-12(17)7-9(2)8-13/h9-10H,4-8,13H2,1-3H3,(H,14,17)(H,15,16). The molecule has 2 unspecified atom stereocenters. The molecular weight excluding hydrogens is 218 g/mol. The Morgan fingerprint density at radius 2 is 1.88 bits per heavy atom. The lowest BCUT2D eigenvalue weighted by Crippen LogP contribution is -2.35. The Labute approximate surface area is 104 Å². The van der Waals surface area contributed by atoms with Crippen LogP contribution < -0.4 is 16.4 Å². The van der Waals surface area contributed by atoms with Gasteiger partial charge >= 0.3 is 0 Å². The van der Waals surface area contributed by atoms with Gasteiger partial charge < -0.3 is 16.4 Å². The van der Waals surface area contributed by atoms with E-state index in [2.05, 4.69) is 10.6 Å². The molecule has 0 spiro atoms. The van der Waals surface area contributed by atoms with E-state index in [0.29, 0.717) is 25.9 Å². The molecule has 0 saturated carbocycles. The Balaban J connectivity index is 3.62. The van der Waals surface area contributed by atoms with Gasteiger partial charge in [-0.05, 0) is 25.8 Å². The molecule has 2 atom stereocenters. The van der Waals surface area contributed by atoms with Crippen LogP contribution in [0.2, 0.25) is 0 Å². The summed E-state index contributed by atoms with van der Waals surface area (Å²) < 4.78 is 0. The molecule has 5 nitrogen and oxygen atoms in total. The van der Waals surface area contributed by atoms with Crippen molar-refractivity contribution in [2.75, 3.05) is 13.1 Å². The first-order valence-corrected chi connectivity index (χ1v) is 6.25. The summed E-state index contributed by atoms with van der Waals surface area (Å²) in [6.45, 7) is 6.79. The fourth-order valence-electron chi connectivity index (χ4n) is 1.24. The highest BCUT2D eigenvalue weighted by Crippen LogP contribution is 1.97. The Morgan fingerprint density at radius 1 is 1.24 bits per heavy atom. The monoisotopic (exact) mass is 243 g/mol. The quantitative estimate of drug-likeness (QED) is 0.576. The van der Waals surface area contributed by atoms with Gasteiger partial charge in [-0.25, -0.2) is 0 Å². The predicted octanol–water partition coefficient (Wildman–Crippen LogP) is 0.392. The summed E-state index contributed by atoms with van der Waals surface area (Å²) in [5.74, 6) is 0.120. The molecule has 0 aliphatic carbocycles. The van der Waals surface area contributed by atoms with Crippen molar-refractivity contribution in [3.05, 3.63) is 0 Å². The molecule has 0 heterocycles. The summed E-state index contributed by atoms with van der Waals surface area (Å²) >= 11 is 0. The molecule has 17 heavy (non-hydrogen) atoms. The average molecular weight is 243 g/mol. The van der Waals surface area contributed by atoms with Crippen LogP contribution in [0, 0.1) is 5.92 Å². The molecule has 0 aliphatic rings. The number of hydrogen-bond acceptors (Lipinski definition) is 3. The fraction of sp³-hybridized carbons (Fsp3) is 0.833. The molecule has 0 rings (SSSR count). The van der Waals surface area contributed by atoms with Gasteiger partial charge in [-0.3, -0.25) is 9.59 Å². The van der Waals surface area contributed by atoms with Crippen LogP contribution >= 0.6 is 0 Å². The minimum Gasteiger partial charge on any atom is -0.356 e. The van der Waals surface area contributed by atoms with E-state index < -0.39 is 0 Å². The molecule has 4 N–H and O–H groups in total. The van der Waals surface area contributed by atoms with Crippen molar-refractivity contribution < 1.29 is 9.59 Å². The molecule has 2 amide bonds. The fourth-order valence-corrected chi connectivity index (χ4v) is 1.24. The van der Waals surface area contributed by atoms with Gasteiger partial charge in [0.25, 0.3) is 0 Å². The van der Waals surface area contributed by atoms with Crippen LogP contribution in [0.3, 0.4) is 0 Å². The van der Waals surface area contributed by atoms with Crippen LogP contribution in [0.1, 0.15) is 40.0 Å². The normalized spacial score (nSPS) is 13.9. The van der Waals surface area contributed by atoms with Gasteiger partial charge in [0.15, 0.2) is 0 Å². The lowest BCUT2D eigenvalue weighted by Gasteiger charge is -2.12. The Bertz CT molecular complexity index is 220. The lowest BCUT2D eigenvalue weighted by molar-refractivity contribution is -0.123. The van der Waals surface area contributed by atoms with Gasteiger partial charge in [-0.2, -0.15) is 0 Å². The Hall–Kier alpha value is -1.10. The van der Waals surface area contributed by atoms with Crippen molar-refractivity contribution in [2.45, 2.75) is 46.1 Å². The van der Waals surface area contributed by atoms with E-state index in [1.165, 1.54) is 0 Å². The zero-order valence-electron chi connectivity index (χ0n) is 11.1. The summed E-state index contributed by atoms with van der Waals surface area (Å²) in [6, 6.07) is 0.190. The van der Waals surface area contributed by atoms with E-state index in [-0.39, 0.29) is 23.8 Å². The Morgan fingerprint density at radius 3 is 2.41 bits per heavy atom. The van der Waals surface area contributed by atoms with Crippen LogP contribution in [0.25, 0.3) is 0 Å². The summed E-state index contributed by atoms with van der Waals surface area (Å²) in [7, 11) is 0. The molecular formula is C12H25N3O2. The number of amides is 2. The van der Waals surface area contributed by atoms with E-state index in [1.807, 2.05) is 20.8 Å². The lowest BCUT2D eigenvalue weighted by atomic mass is 10.1. The maximum atomic E-state index is 11.4. The zero-order valence-corrected chi connectivity index (χ0v) is 11.1. The van der Waals surface area contributed by atoms with Crippen molar-refractivity contribution >= 4 is 11.8 Å². The first kappa shape index (κ1) is 15.9. The van der Waals surface area contributed by atoms with Crippen LogP contribution in [0.15, 0.2) is 0 Å². The molecule has 0 aromatic rings. The first-order valence-electron chi connectivity index (χ1n) is 6.25. The SMILES string of the molecule is CCC(C)NC(=O)CCNC(=O)CC(C)CN. The van der Waals surface area contributed by atoms with Gasteiger partial charge in [0, 0.05) is 25.4 Å². The van der Waals surface area contributed by atoms with Gasteiger partial charge in [0.2, 0.25) is 11.8 Å². The van der Waals surface area contributed by atoms with Crippen LogP contribution in [0.5, 0.6) is 0 Å². The zero-order chi connectivity index (χ0) is 13.3. The molecule has 0 aromatic heterocycles. The van der Waals surface area contributed by atoms with Gasteiger partial charge in [-0.15, -0.1) is 0 Å². The number of nitrogens with two attached hydrogens (primary N) is 1. The smallest absolute Gasteiger partial charge is 0.221 e. The maximum Gasteiger partial charge on any atom is 0.221 e. The maximum absolute atomic E-state index is 11.4. The minimum atomic E-state index is -0.0423. The van der Waals surface area contributed by atoms with E-state index in [0.717, 1.165) is 6.42 Å². The van der Waals surface area contributed by atoms with Crippen LogP contribution in [-0.2, 0) is 9.59 Å². The highest BCUT2D eigenvalue weighted by Gasteiger charge is 2.08. The number of rotatable bonds is 8. The molecule has 0 bridgehead atoms. The molecule has 0 aliphatic heterocycles. The topological polar surface area (TPSA) is 84.2 Å². The summed E-state index contributed by atoms with van der Waals surface area (Å²) in [5.41, 5.74) is 5.42. The van der Waals surface area contributed by atoms with Crippen molar-refractivity contribution in [3.63, 3.8) is 0 Å². The molecule has 5 heteroatoms. The molecule has 0 fully saturated rings. The second kappa shape index (κ2) is 8.98. The van der Waals surface area contributed by atoms with E-state index in [4.69, 9.17) is 5.73 Å². The number of hydrogen-bond donors (Lipinski definition) is 3. The summed E-state index contributed by atoms with van der Waals surface area (Å²) in [6.07, 6.45) is 1.66. The third-order valence-electron chi connectivity index (χ3n) is 2.63. The summed E-state index contributed by atoms with van der Waals surface area (Å²) in [4.78, 5) is 22.8. The van der Waals surface area contributed by atoms with Crippen molar-refractivity contribution in [1.29, 1.82) is 0 Å². The minimum absolute atomic E-state index is 0.0217. The largest absolute Gasteiger partial charge is 0.356 e. The second-order valence-corrected chi connectivity index (χ2v) is 4.52. The van der Waals surface area contributed by atoms with Crippen LogP contribution in [-0.4, -0.2) is 30.9 Å². The second-order valence-electron chi connectivity index (χ2n) is 4.52. The van der Waals surface area contributed by atoms with Gasteiger partial charge in [0.1, 0.15) is 0 Å². The van der Waals surface area contributed by atoms with Crippen LogP contribution in [0.4, 0.5) is 0 Å². The average Bonchev–Trinajstić information content (AvgIpc) is 2.28. The predicted molar refractivity (Wildman–Crippen MR) is 68.4 cm³/mol. The highest BCUT2D eigenvalue weighted by molar-refractivity contribution is 5.79. The van der Waals surface area contributed by atoms with Crippen molar-refractivity contribution in [2.24, 2.45) is 11.7 Å². The van der Waals surface area contributed by atoms with Gasteiger partial charge in [0.05, 0.1) is 0 Å².